The number of quaternary nitrogens is 1. The van der Waals surface area contributed by atoms with E-state index in [1.165, 1.54) is 37.9 Å². The molecule has 2 aromatic rings. The summed E-state index contributed by atoms with van der Waals surface area (Å²) < 4.78 is 11.1. The maximum atomic E-state index is 12.7. The number of carbonyl (C=O) groups excluding carboxylic acids is 1. The van der Waals surface area contributed by atoms with Crippen LogP contribution < -0.4 is 25.0 Å². The molecular formula is C24H32N3O3S+. The van der Waals surface area contributed by atoms with E-state index in [2.05, 4.69) is 22.8 Å². The third-order valence-corrected chi connectivity index (χ3v) is 5.42. The van der Waals surface area contributed by atoms with Gasteiger partial charge in [-0.25, -0.2) is 0 Å². The Morgan fingerprint density at radius 3 is 2.16 bits per heavy atom. The highest BCUT2D eigenvalue weighted by Gasteiger charge is 2.14. The van der Waals surface area contributed by atoms with Gasteiger partial charge in [-0.2, -0.15) is 0 Å². The Morgan fingerprint density at radius 2 is 1.58 bits per heavy atom. The Balaban J connectivity index is 1.56. The number of thiocarbonyl (C=S) groups is 1. The zero-order chi connectivity index (χ0) is 22.1. The van der Waals surface area contributed by atoms with Gasteiger partial charge < -0.3 is 19.7 Å². The summed E-state index contributed by atoms with van der Waals surface area (Å²) in [5.74, 6) is 0.859. The highest BCUT2D eigenvalue weighted by molar-refractivity contribution is 7.80. The third kappa shape index (κ3) is 7.22. The normalized spacial score (nSPS) is 14.0. The van der Waals surface area contributed by atoms with Gasteiger partial charge in [0.1, 0.15) is 18.0 Å². The zero-order valence-corrected chi connectivity index (χ0v) is 19.1. The Morgan fingerprint density at radius 1 is 0.968 bits per heavy atom. The van der Waals surface area contributed by atoms with Crippen LogP contribution in [0.2, 0.25) is 0 Å². The fraction of sp³-hybridized carbons (Fsp3) is 0.417. The number of rotatable bonds is 8. The average Bonchev–Trinajstić information content (AvgIpc) is 2.76. The Labute approximate surface area is 189 Å². The van der Waals surface area contributed by atoms with Gasteiger partial charge in [-0.15, -0.1) is 0 Å². The van der Waals surface area contributed by atoms with Gasteiger partial charge in [0.2, 0.25) is 0 Å². The zero-order valence-electron chi connectivity index (χ0n) is 18.3. The molecule has 0 unspecified atom stereocenters. The molecule has 1 heterocycles. The maximum absolute atomic E-state index is 12.7. The highest BCUT2D eigenvalue weighted by Crippen LogP contribution is 2.23. The lowest BCUT2D eigenvalue weighted by Gasteiger charge is -2.23. The Hall–Kier alpha value is -2.64. The lowest BCUT2D eigenvalue weighted by molar-refractivity contribution is -0.918. The lowest BCUT2D eigenvalue weighted by atomic mass is 10.1. The number of benzene rings is 2. The first-order chi connectivity index (χ1) is 15.1. The van der Waals surface area contributed by atoms with E-state index >= 15 is 0 Å². The molecule has 3 rings (SSSR count). The minimum absolute atomic E-state index is 0.249. The summed E-state index contributed by atoms with van der Waals surface area (Å²) in [6, 6.07) is 13.4. The van der Waals surface area contributed by atoms with Crippen LogP contribution in [-0.4, -0.2) is 37.3 Å². The van der Waals surface area contributed by atoms with E-state index in [0.717, 1.165) is 12.2 Å². The molecule has 1 aliphatic rings. The van der Waals surface area contributed by atoms with Crippen molar-refractivity contribution in [2.75, 3.05) is 31.6 Å². The van der Waals surface area contributed by atoms with Gasteiger partial charge in [0, 0.05) is 22.9 Å². The number of anilines is 1. The van der Waals surface area contributed by atoms with Crippen molar-refractivity contribution in [1.29, 1.82) is 0 Å². The van der Waals surface area contributed by atoms with Gasteiger partial charge in [-0.3, -0.25) is 10.1 Å². The number of piperidine rings is 1. The number of hydrogen-bond donors (Lipinski definition) is 3. The molecule has 2 aromatic carbocycles. The molecule has 0 saturated carbocycles. The molecule has 0 aromatic heterocycles. The number of likely N-dealkylation sites (tertiary alicyclic amines) is 1. The van der Waals surface area contributed by atoms with E-state index in [1.807, 2.05) is 26.0 Å². The van der Waals surface area contributed by atoms with Gasteiger partial charge in [0.05, 0.1) is 26.3 Å². The van der Waals surface area contributed by atoms with Gasteiger partial charge in [0.15, 0.2) is 5.11 Å². The number of carbonyl (C=O) groups is 1. The van der Waals surface area contributed by atoms with Gasteiger partial charge in [0.25, 0.3) is 5.91 Å². The van der Waals surface area contributed by atoms with Crippen molar-refractivity contribution in [3.05, 3.63) is 53.6 Å². The van der Waals surface area contributed by atoms with Crippen LogP contribution in [0.3, 0.4) is 0 Å². The van der Waals surface area contributed by atoms with Gasteiger partial charge in [-0.1, -0.05) is 12.1 Å². The Bertz CT molecular complexity index is 856. The molecular weight excluding hydrogens is 410 g/mol. The summed E-state index contributed by atoms with van der Waals surface area (Å²) in [6.07, 6.45) is 4.00. The summed E-state index contributed by atoms with van der Waals surface area (Å²) in [6.45, 7) is 8.37. The first-order valence-corrected chi connectivity index (χ1v) is 11.4. The predicted molar refractivity (Wildman–Crippen MR) is 127 cm³/mol. The third-order valence-electron chi connectivity index (χ3n) is 5.22. The molecule has 1 amide bonds. The molecule has 1 saturated heterocycles. The standard InChI is InChI=1S/C24H31N3O3S/c1-3-29-21-14-19(15-22(16-21)30-4-2)23(28)26-24(31)25-20-10-8-18(9-11-20)17-27-12-6-5-7-13-27/h8-11,14-16H,3-7,12-13,17H2,1-2H3,(H2,25,26,28,31)/p+1. The smallest absolute Gasteiger partial charge is 0.257 e. The highest BCUT2D eigenvalue weighted by atomic mass is 32.1. The van der Waals surface area contributed by atoms with Crippen LogP contribution in [0.15, 0.2) is 42.5 Å². The van der Waals surface area contributed by atoms with Crippen LogP contribution in [0.4, 0.5) is 5.69 Å². The second-order valence-corrected chi connectivity index (χ2v) is 8.06. The van der Waals surface area contributed by atoms with Crippen LogP contribution in [-0.2, 0) is 6.54 Å². The summed E-state index contributed by atoms with van der Waals surface area (Å²) in [5, 5.41) is 6.06. The van der Waals surface area contributed by atoms with Crippen LogP contribution in [0.25, 0.3) is 0 Å². The largest absolute Gasteiger partial charge is 0.494 e. The molecule has 0 atom stereocenters. The average molecular weight is 443 g/mol. The van der Waals surface area contributed by atoms with Crippen LogP contribution >= 0.6 is 12.2 Å². The minimum atomic E-state index is -0.315. The van der Waals surface area contributed by atoms with Crippen LogP contribution in [0.5, 0.6) is 11.5 Å². The van der Waals surface area contributed by atoms with Crippen molar-refractivity contribution >= 4 is 28.9 Å². The van der Waals surface area contributed by atoms with E-state index in [0.29, 0.717) is 30.3 Å². The van der Waals surface area contributed by atoms with Crippen molar-refractivity contribution < 1.29 is 19.2 Å². The topological polar surface area (TPSA) is 64.0 Å². The van der Waals surface area contributed by atoms with E-state index in [1.54, 1.807) is 23.1 Å². The fourth-order valence-electron chi connectivity index (χ4n) is 3.76. The predicted octanol–water partition coefficient (Wildman–Crippen LogP) is 3.18. The van der Waals surface area contributed by atoms with E-state index in [4.69, 9.17) is 21.7 Å². The van der Waals surface area contributed by atoms with Crippen LogP contribution in [0.1, 0.15) is 49.0 Å². The molecule has 6 nitrogen and oxygen atoms in total. The molecule has 0 aliphatic carbocycles. The van der Waals surface area contributed by atoms with E-state index < -0.39 is 0 Å². The fourth-order valence-corrected chi connectivity index (χ4v) is 3.97. The molecule has 0 radical (unpaired) electrons. The second kappa shape index (κ2) is 11.7. The molecule has 31 heavy (non-hydrogen) atoms. The number of amides is 1. The first kappa shape index (κ1) is 23.0. The number of ether oxygens (including phenoxy) is 2. The quantitative estimate of drug-likeness (QED) is 0.548. The molecule has 1 fully saturated rings. The summed E-state index contributed by atoms with van der Waals surface area (Å²) in [5.41, 5.74) is 2.59. The van der Waals surface area contributed by atoms with Gasteiger partial charge >= 0.3 is 0 Å². The number of hydrogen-bond acceptors (Lipinski definition) is 4. The van der Waals surface area contributed by atoms with E-state index in [-0.39, 0.29) is 11.0 Å². The number of nitrogens with one attached hydrogen (secondary N) is 3. The van der Waals surface area contributed by atoms with E-state index in [9.17, 15) is 4.79 Å². The van der Waals surface area contributed by atoms with Crippen molar-refractivity contribution in [3.63, 3.8) is 0 Å². The molecule has 1 aliphatic heterocycles. The maximum Gasteiger partial charge on any atom is 0.257 e. The summed E-state index contributed by atoms with van der Waals surface area (Å²) in [4.78, 5) is 14.3. The van der Waals surface area contributed by atoms with Crippen molar-refractivity contribution in [2.45, 2.75) is 39.7 Å². The molecule has 3 N–H and O–H groups in total. The lowest BCUT2D eigenvalue weighted by Crippen LogP contribution is -3.11. The second-order valence-electron chi connectivity index (χ2n) is 7.65. The molecule has 0 spiro atoms. The van der Waals surface area contributed by atoms with Crippen molar-refractivity contribution in [2.24, 2.45) is 0 Å². The minimum Gasteiger partial charge on any atom is -0.494 e. The first-order valence-electron chi connectivity index (χ1n) is 11.0. The Kier molecular flexibility index (Phi) is 8.67. The van der Waals surface area contributed by atoms with Crippen molar-refractivity contribution in [3.8, 4) is 11.5 Å². The van der Waals surface area contributed by atoms with Crippen molar-refractivity contribution in [1.82, 2.24) is 5.32 Å². The molecule has 0 bridgehead atoms. The monoisotopic (exact) mass is 442 g/mol. The molecule has 7 heteroatoms. The van der Waals surface area contributed by atoms with Crippen LogP contribution in [0, 0.1) is 0 Å². The molecule has 166 valence electrons. The van der Waals surface area contributed by atoms with Gasteiger partial charge in [-0.05, 0) is 69.6 Å². The summed E-state index contributed by atoms with van der Waals surface area (Å²) in [7, 11) is 0. The SMILES string of the molecule is CCOc1cc(OCC)cc(C(=O)NC(=S)Nc2ccc(C[NH+]3CCCCC3)cc2)c1. The summed E-state index contributed by atoms with van der Waals surface area (Å²) >= 11 is 5.33.